The zero-order chi connectivity index (χ0) is 18.4. The third-order valence-corrected chi connectivity index (χ3v) is 4.10. The van der Waals surface area contributed by atoms with Gasteiger partial charge in [-0.25, -0.2) is 4.98 Å². The van der Waals surface area contributed by atoms with Gasteiger partial charge in [0.15, 0.2) is 6.61 Å². The predicted octanol–water partition coefficient (Wildman–Crippen LogP) is 4.80. The van der Waals surface area contributed by atoms with Crippen LogP contribution in [0.5, 0.6) is 5.75 Å². The van der Waals surface area contributed by atoms with Crippen LogP contribution in [0.25, 0.3) is 0 Å². The molecule has 0 fully saturated rings. The molecule has 0 saturated heterocycles. The summed E-state index contributed by atoms with van der Waals surface area (Å²) in [5, 5.41) is 6.65. The maximum Gasteiger partial charge on any atom is 0.263 e. The fourth-order valence-electron chi connectivity index (χ4n) is 2.28. The lowest BCUT2D eigenvalue weighted by Crippen LogP contribution is -2.20. The lowest BCUT2D eigenvalue weighted by Gasteiger charge is -2.11. The minimum Gasteiger partial charge on any atom is -0.484 e. The third-order valence-electron chi connectivity index (χ3n) is 3.69. The smallest absolute Gasteiger partial charge is 0.263 e. The number of anilines is 3. The van der Waals surface area contributed by atoms with E-state index in [0.717, 1.165) is 16.9 Å². The molecule has 0 saturated carbocycles. The lowest BCUT2D eigenvalue weighted by molar-refractivity contribution is -0.118. The van der Waals surface area contributed by atoms with Crippen LogP contribution in [0.4, 0.5) is 17.2 Å². The van der Waals surface area contributed by atoms with E-state index in [2.05, 4.69) is 15.6 Å². The van der Waals surface area contributed by atoms with Crippen molar-refractivity contribution in [2.45, 2.75) is 6.92 Å². The first-order valence-corrected chi connectivity index (χ1v) is 8.45. The predicted molar refractivity (Wildman–Crippen MR) is 104 cm³/mol. The SMILES string of the molecule is Cc1c(Cl)cccc1Nc1ccc(NC(=O)COc2ccccc2)nc1. The average Bonchev–Trinajstić information content (AvgIpc) is 2.66. The number of halogens is 1. The van der Waals surface area contributed by atoms with Gasteiger partial charge in [-0.2, -0.15) is 0 Å². The Labute approximate surface area is 157 Å². The molecule has 0 bridgehead atoms. The average molecular weight is 368 g/mol. The Morgan fingerprint density at radius 1 is 1.08 bits per heavy atom. The number of amides is 1. The van der Waals surface area contributed by atoms with Gasteiger partial charge in [0.1, 0.15) is 11.6 Å². The highest BCUT2D eigenvalue weighted by molar-refractivity contribution is 6.31. The molecule has 1 aromatic heterocycles. The van der Waals surface area contributed by atoms with E-state index in [0.29, 0.717) is 16.6 Å². The van der Waals surface area contributed by atoms with Crippen LogP contribution in [0.2, 0.25) is 5.02 Å². The standard InChI is InChI=1S/C20H18ClN3O2/c1-14-17(21)8-5-9-18(14)23-15-10-11-19(22-12-15)24-20(25)13-26-16-6-3-2-4-7-16/h2-12,23H,13H2,1H3,(H,22,24,25). The molecule has 132 valence electrons. The maximum atomic E-state index is 11.9. The lowest BCUT2D eigenvalue weighted by atomic mass is 10.2. The molecule has 26 heavy (non-hydrogen) atoms. The number of ether oxygens (including phenoxy) is 1. The first-order chi connectivity index (χ1) is 12.6. The fourth-order valence-corrected chi connectivity index (χ4v) is 2.46. The molecular weight excluding hydrogens is 350 g/mol. The van der Waals surface area contributed by atoms with Crippen molar-refractivity contribution in [1.29, 1.82) is 0 Å². The molecule has 0 spiro atoms. The van der Waals surface area contributed by atoms with Gasteiger partial charge in [-0.05, 0) is 48.9 Å². The second kappa shape index (κ2) is 8.36. The van der Waals surface area contributed by atoms with Gasteiger partial charge in [-0.15, -0.1) is 0 Å². The Morgan fingerprint density at radius 2 is 1.88 bits per heavy atom. The molecule has 5 nitrogen and oxygen atoms in total. The molecule has 0 aliphatic rings. The van der Waals surface area contributed by atoms with Crippen molar-refractivity contribution in [1.82, 2.24) is 4.98 Å². The second-order valence-corrected chi connectivity index (χ2v) is 6.03. The number of carbonyl (C=O) groups excluding carboxylic acids is 1. The molecule has 1 amide bonds. The number of para-hydroxylation sites is 1. The monoisotopic (exact) mass is 367 g/mol. The molecule has 0 atom stereocenters. The highest BCUT2D eigenvalue weighted by Crippen LogP contribution is 2.26. The number of hydrogen-bond acceptors (Lipinski definition) is 4. The zero-order valence-corrected chi connectivity index (χ0v) is 15.0. The Kier molecular flexibility index (Phi) is 5.71. The molecule has 0 radical (unpaired) electrons. The summed E-state index contributed by atoms with van der Waals surface area (Å²) in [7, 11) is 0. The van der Waals surface area contributed by atoms with Gasteiger partial charge < -0.3 is 15.4 Å². The summed E-state index contributed by atoms with van der Waals surface area (Å²) in [6, 6.07) is 18.4. The molecule has 3 aromatic rings. The van der Waals surface area contributed by atoms with Gasteiger partial charge in [-0.1, -0.05) is 35.9 Å². The van der Waals surface area contributed by atoms with Crippen molar-refractivity contribution in [3.05, 3.63) is 77.4 Å². The molecular formula is C20H18ClN3O2. The van der Waals surface area contributed by atoms with E-state index < -0.39 is 0 Å². The van der Waals surface area contributed by atoms with Crippen molar-refractivity contribution in [3.8, 4) is 5.75 Å². The number of rotatable bonds is 6. The molecule has 2 aromatic carbocycles. The van der Waals surface area contributed by atoms with Crippen LogP contribution in [0.15, 0.2) is 66.9 Å². The van der Waals surface area contributed by atoms with E-state index >= 15 is 0 Å². The number of aromatic nitrogens is 1. The van der Waals surface area contributed by atoms with Crippen molar-refractivity contribution in [2.75, 3.05) is 17.2 Å². The highest BCUT2D eigenvalue weighted by atomic mass is 35.5. The van der Waals surface area contributed by atoms with Crippen molar-refractivity contribution >= 4 is 34.7 Å². The Morgan fingerprint density at radius 3 is 2.62 bits per heavy atom. The summed E-state index contributed by atoms with van der Waals surface area (Å²) >= 11 is 6.12. The van der Waals surface area contributed by atoms with E-state index in [1.54, 1.807) is 24.4 Å². The fraction of sp³-hybridized carbons (Fsp3) is 0.100. The molecule has 1 heterocycles. The van der Waals surface area contributed by atoms with Gasteiger partial charge in [-0.3, -0.25) is 4.79 Å². The summed E-state index contributed by atoms with van der Waals surface area (Å²) in [6.45, 7) is 1.87. The van der Waals surface area contributed by atoms with Gasteiger partial charge in [0.25, 0.3) is 5.91 Å². The van der Waals surface area contributed by atoms with Crippen LogP contribution in [0, 0.1) is 6.92 Å². The summed E-state index contributed by atoms with van der Waals surface area (Å²) < 4.78 is 5.40. The molecule has 0 aliphatic carbocycles. The molecule has 0 aliphatic heterocycles. The highest BCUT2D eigenvalue weighted by Gasteiger charge is 2.06. The quantitative estimate of drug-likeness (QED) is 0.656. The minimum absolute atomic E-state index is 0.0760. The van der Waals surface area contributed by atoms with Crippen LogP contribution in [0.3, 0.4) is 0 Å². The van der Waals surface area contributed by atoms with Crippen LogP contribution in [-0.2, 0) is 4.79 Å². The minimum atomic E-state index is -0.271. The third kappa shape index (κ3) is 4.74. The summed E-state index contributed by atoms with van der Waals surface area (Å²) in [5.41, 5.74) is 2.67. The van der Waals surface area contributed by atoms with E-state index in [4.69, 9.17) is 16.3 Å². The molecule has 6 heteroatoms. The van der Waals surface area contributed by atoms with Gasteiger partial charge in [0.2, 0.25) is 0 Å². The first-order valence-electron chi connectivity index (χ1n) is 8.08. The maximum absolute atomic E-state index is 11.9. The van der Waals surface area contributed by atoms with E-state index in [9.17, 15) is 4.79 Å². The van der Waals surface area contributed by atoms with Crippen molar-refractivity contribution in [3.63, 3.8) is 0 Å². The molecule has 0 unspecified atom stereocenters. The second-order valence-electron chi connectivity index (χ2n) is 5.62. The van der Waals surface area contributed by atoms with Gasteiger partial charge >= 0.3 is 0 Å². The number of nitrogens with one attached hydrogen (secondary N) is 2. The Balaban J connectivity index is 1.55. The normalized spacial score (nSPS) is 10.2. The van der Waals surface area contributed by atoms with Gasteiger partial charge in [0, 0.05) is 10.7 Å². The first kappa shape index (κ1) is 17.8. The van der Waals surface area contributed by atoms with E-state index in [-0.39, 0.29) is 12.5 Å². The van der Waals surface area contributed by atoms with E-state index in [1.807, 2.05) is 49.4 Å². The largest absolute Gasteiger partial charge is 0.484 e. The summed E-state index contributed by atoms with van der Waals surface area (Å²) in [6.07, 6.45) is 1.65. The summed E-state index contributed by atoms with van der Waals surface area (Å²) in [4.78, 5) is 16.2. The summed E-state index contributed by atoms with van der Waals surface area (Å²) in [5.74, 6) is 0.833. The number of hydrogen-bond donors (Lipinski definition) is 2. The number of carbonyl (C=O) groups is 1. The van der Waals surface area contributed by atoms with E-state index in [1.165, 1.54) is 0 Å². The number of benzene rings is 2. The Hall–Kier alpha value is -3.05. The zero-order valence-electron chi connectivity index (χ0n) is 14.2. The number of pyridine rings is 1. The molecule has 2 N–H and O–H groups in total. The van der Waals surface area contributed by atoms with Crippen molar-refractivity contribution < 1.29 is 9.53 Å². The molecule has 3 rings (SSSR count). The Bertz CT molecular complexity index is 883. The number of nitrogens with zero attached hydrogens (tertiary/aromatic N) is 1. The van der Waals surface area contributed by atoms with Gasteiger partial charge in [0.05, 0.1) is 11.9 Å². The van der Waals surface area contributed by atoms with Crippen LogP contribution < -0.4 is 15.4 Å². The van der Waals surface area contributed by atoms with Crippen LogP contribution in [0.1, 0.15) is 5.56 Å². The topological polar surface area (TPSA) is 63.2 Å². The van der Waals surface area contributed by atoms with Crippen molar-refractivity contribution in [2.24, 2.45) is 0 Å². The van der Waals surface area contributed by atoms with Crippen LogP contribution >= 0.6 is 11.6 Å². The van der Waals surface area contributed by atoms with Crippen LogP contribution in [-0.4, -0.2) is 17.5 Å².